The van der Waals surface area contributed by atoms with Crippen LogP contribution in [-0.2, 0) is 0 Å². The van der Waals surface area contributed by atoms with Gasteiger partial charge in [-0.3, -0.25) is 10.2 Å². The molecule has 0 bridgehead atoms. The molecule has 0 aromatic heterocycles. The number of primary amides is 1. The molecule has 1 rings (SSSR count). The van der Waals surface area contributed by atoms with Gasteiger partial charge in [-0.15, -0.1) is 0 Å². The number of halogens is 1. The van der Waals surface area contributed by atoms with E-state index in [-0.39, 0.29) is 5.56 Å². The second-order valence-corrected chi connectivity index (χ2v) is 3.05. The van der Waals surface area contributed by atoms with Gasteiger partial charge < -0.3 is 11.1 Å². The number of nitrogens with two attached hydrogens (primary N) is 1. The van der Waals surface area contributed by atoms with E-state index in [9.17, 15) is 4.79 Å². The lowest BCUT2D eigenvalue weighted by Gasteiger charge is -2.05. The van der Waals surface area contributed by atoms with Crippen molar-refractivity contribution in [3.8, 4) is 0 Å². The minimum Gasteiger partial charge on any atom is -0.366 e. The normalized spacial score (nSPS) is 10.2. The van der Waals surface area contributed by atoms with Crippen LogP contribution in [0, 0.1) is 5.41 Å². The fourth-order valence-electron chi connectivity index (χ4n) is 0.962. The van der Waals surface area contributed by atoms with Crippen molar-refractivity contribution in [2.45, 2.75) is 0 Å². The van der Waals surface area contributed by atoms with Crippen LogP contribution in [0.2, 0.25) is 5.02 Å². The van der Waals surface area contributed by atoms with Crippen LogP contribution in [0.5, 0.6) is 0 Å². The van der Waals surface area contributed by atoms with Gasteiger partial charge in [-0.25, -0.2) is 0 Å². The molecule has 0 spiro atoms. The average molecular weight is 225 g/mol. The largest absolute Gasteiger partial charge is 0.366 e. The molecule has 0 unspecified atom stereocenters. The molecule has 4 N–H and O–H groups in total. The van der Waals surface area contributed by atoms with Crippen molar-refractivity contribution in [2.24, 2.45) is 10.8 Å². The van der Waals surface area contributed by atoms with E-state index in [1.807, 2.05) is 0 Å². The van der Waals surface area contributed by atoms with E-state index >= 15 is 0 Å². The summed E-state index contributed by atoms with van der Waals surface area (Å²) in [4.78, 5) is 11.0. The van der Waals surface area contributed by atoms with E-state index in [2.05, 4.69) is 10.5 Å². The Bertz CT molecular complexity index is 417. The van der Waals surface area contributed by atoms with Crippen molar-refractivity contribution in [3.05, 3.63) is 28.8 Å². The van der Waals surface area contributed by atoms with Crippen LogP contribution in [0.25, 0.3) is 0 Å². The Morgan fingerprint density at radius 3 is 2.93 bits per heavy atom. The number of amides is 1. The van der Waals surface area contributed by atoms with E-state index in [1.165, 1.54) is 12.3 Å². The summed E-state index contributed by atoms with van der Waals surface area (Å²) in [6.45, 7) is 0. The van der Waals surface area contributed by atoms with E-state index in [0.29, 0.717) is 10.7 Å². The van der Waals surface area contributed by atoms with Crippen LogP contribution in [0.1, 0.15) is 10.4 Å². The highest BCUT2D eigenvalue weighted by molar-refractivity contribution is 6.31. The molecule has 1 aromatic carbocycles. The summed E-state index contributed by atoms with van der Waals surface area (Å²) >= 11 is 5.71. The standard InChI is InChI=1S/C9H9ClN4O/c10-6-1-2-8(14-13-4-3-11)7(5-6)9(12)15/h1-5,11,14H,(H2,12,15)/b11-3?,13-4-. The molecule has 0 radical (unpaired) electrons. The fraction of sp³-hybridized carbons (Fsp3) is 0. The highest BCUT2D eigenvalue weighted by Crippen LogP contribution is 2.20. The van der Waals surface area contributed by atoms with Crippen molar-refractivity contribution in [1.29, 1.82) is 5.41 Å². The SMILES string of the molecule is N=C/C=N\Nc1ccc(Cl)cc1C(N)=O. The number of hydrogen-bond acceptors (Lipinski definition) is 4. The highest BCUT2D eigenvalue weighted by Gasteiger charge is 2.07. The number of rotatable bonds is 4. The third-order valence-electron chi connectivity index (χ3n) is 1.58. The molecule has 0 saturated carbocycles. The molecule has 0 saturated heterocycles. The zero-order valence-corrected chi connectivity index (χ0v) is 8.45. The zero-order valence-electron chi connectivity index (χ0n) is 7.70. The first-order valence-electron chi connectivity index (χ1n) is 4.02. The molecule has 0 aliphatic carbocycles. The van der Waals surface area contributed by atoms with E-state index in [1.54, 1.807) is 12.1 Å². The Balaban J connectivity index is 3.00. The van der Waals surface area contributed by atoms with Gasteiger partial charge in [0.15, 0.2) is 0 Å². The van der Waals surface area contributed by atoms with Gasteiger partial charge in [0.2, 0.25) is 0 Å². The summed E-state index contributed by atoms with van der Waals surface area (Å²) in [6.07, 6.45) is 2.24. The molecule has 0 aliphatic heterocycles. The summed E-state index contributed by atoms with van der Waals surface area (Å²) in [7, 11) is 0. The predicted molar refractivity (Wildman–Crippen MR) is 60.9 cm³/mol. The Hall–Kier alpha value is -1.88. The van der Waals surface area contributed by atoms with Gasteiger partial charge in [-0.1, -0.05) is 11.6 Å². The number of hydrogen-bond donors (Lipinski definition) is 3. The van der Waals surface area contributed by atoms with Crippen LogP contribution in [0.15, 0.2) is 23.3 Å². The molecule has 0 fully saturated rings. The molecule has 5 nitrogen and oxygen atoms in total. The molecule has 6 heteroatoms. The van der Waals surface area contributed by atoms with Crippen molar-refractivity contribution in [3.63, 3.8) is 0 Å². The van der Waals surface area contributed by atoms with Gasteiger partial charge in [0, 0.05) is 11.2 Å². The van der Waals surface area contributed by atoms with Crippen LogP contribution in [0.4, 0.5) is 5.69 Å². The molecular formula is C9H9ClN4O. The first kappa shape index (κ1) is 11.2. The molecule has 0 heterocycles. The fourth-order valence-corrected chi connectivity index (χ4v) is 1.13. The molecule has 15 heavy (non-hydrogen) atoms. The van der Waals surface area contributed by atoms with Crippen LogP contribution in [0.3, 0.4) is 0 Å². The van der Waals surface area contributed by atoms with Crippen molar-refractivity contribution < 1.29 is 4.79 Å². The molecule has 1 aromatic rings. The first-order valence-corrected chi connectivity index (χ1v) is 4.40. The van der Waals surface area contributed by atoms with Crippen molar-refractivity contribution in [1.82, 2.24) is 0 Å². The lowest BCUT2D eigenvalue weighted by Crippen LogP contribution is -2.13. The first-order chi connectivity index (χ1) is 7.15. The maximum absolute atomic E-state index is 11.0. The number of carbonyl (C=O) groups excluding carboxylic acids is 1. The number of nitrogens with zero attached hydrogens (tertiary/aromatic N) is 1. The average Bonchev–Trinajstić information content (AvgIpc) is 2.20. The quantitative estimate of drug-likeness (QED) is 0.534. The zero-order chi connectivity index (χ0) is 11.3. The second-order valence-electron chi connectivity index (χ2n) is 2.61. The van der Waals surface area contributed by atoms with Gasteiger partial charge in [-0.05, 0) is 18.2 Å². The van der Waals surface area contributed by atoms with Crippen molar-refractivity contribution in [2.75, 3.05) is 5.43 Å². The molecule has 1 amide bonds. The summed E-state index contributed by atoms with van der Waals surface area (Å²) in [6, 6.07) is 4.64. The van der Waals surface area contributed by atoms with E-state index < -0.39 is 5.91 Å². The lowest BCUT2D eigenvalue weighted by molar-refractivity contribution is 0.100. The summed E-state index contributed by atoms with van der Waals surface area (Å²) < 4.78 is 0. The maximum atomic E-state index is 11.0. The van der Waals surface area contributed by atoms with Gasteiger partial charge in [-0.2, -0.15) is 5.10 Å². The number of hydrazone groups is 1. The molecule has 0 aliphatic rings. The van der Waals surface area contributed by atoms with Gasteiger partial charge >= 0.3 is 0 Å². The van der Waals surface area contributed by atoms with Crippen LogP contribution < -0.4 is 11.2 Å². The van der Waals surface area contributed by atoms with Gasteiger partial charge in [0.1, 0.15) is 0 Å². The Kier molecular flexibility index (Phi) is 3.82. The van der Waals surface area contributed by atoms with Gasteiger partial charge in [0.05, 0.1) is 17.5 Å². The lowest BCUT2D eigenvalue weighted by atomic mass is 10.2. The number of anilines is 1. The van der Waals surface area contributed by atoms with E-state index in [0.717, 1.165) is 6.21 Å². The number of benzene rings is 1. The molecule has 0 atom stereocenters. The van der Waals surface area contributed by atoms with Crippen molar-refractivity contribution >= 4 is 35.6 Å². The molecule has 78 valence electrons. The third-order valence-corrected chi connectivity index (χ3v) is 1.82. The predicted octanol–water partition coefficient (Wildman–Crippen LogP) is 1.49. The van der Waals surface area contributed by atoms with Crippen LogP contribution in [-0.4, -0.2) is 18.3 Å². The number of carbonyl (C=O) groups is 1. The monoisotopic (exact) mass is 224 g/mol. The highest BCUT2D eigenvalue weighted by atomic mass is 35.5. The smallest absolute Gasteiger partial charge is 0.250 e. The second kappa shape index (κ2) is 5.11. The minimum absolute atomic E-state index is 0.254. The summed E-state index contributed by atoms with van der Waals surface area (Å²) in [5.41, 5.74) is 8.44. The summed E-state index contributed by atoms with van der Waals surface area (Å²) in [5.74, 6) is -0.593. The van der Waals surface area contributed by atoms with Crippen LogP contribution >= 0.6 is 11.6 Å². The van der Waals surface area contributed by atoms with Gasteiger partial charge in [0.25, 0.3) is 5.91 Å². The summed E-state index contributed by atoms with van der Waals surface area (Å²) in [5, 5.41) is 10.8. The Labute approximate surface area is 91.4 Å². The molecular weight excluding hydrogens is 216 g/mol. The topological polar surface area (TPSA) is 91.3 Å². The Morgan fingerprint density at radius 1 is 1.60 bits per heavy atom. The van der Waals surface area contributed by atoms with E-state index in [4.69, 9.17) is 22.7 Å². The maximum Gasteiger partial charge on any atom is 0.250 e. The Morgan fingerprint density at radius 2 is 2.33 bits per heavy atom. The third kappa shape index (κ3) is 3.07. The number of nitrogens with one attached hydrogen (secondary N) is 2. The minimum atomic E-state index is -0.593.